The van der Waals surface area contributed by atoms with Gasteiger partial charge in [0.2, 0.25) is 5.91 Å². The van der Waals surface area contributed by atoms with Crippen LogP contribution in [0.2, 0.25) is 0 Å². The molecule has 1 heterocycles. The molecule has 1 aromatic heterocycles. The number of aryl methyl sites for hydroxylation is 1. The minimum absolute atomic E-state index is 0. The van der Waals surface area contributed by atoms with Gasteiger partial charge in [0.1, 0.15) is 0 Å². The molecule has 0 unspecified atom stereocenters. The maximum atomic E-state index is 12.4. The fourth-order valence-electron chi connectivity index (χ4n) is 3.05. The molecule has 0 spiro atoms. The lowest BCUT2D eigenvalue weighted by atomic mass is 9.95. The summed E-state index contributed by atoms with van der Waals surface area (Å²) in [5, 5.41) is 5.61. The maximum absolute atomic E-state index is 12.4. The number of anilines is 1. The molecule has 3 N–H and O–H groups in total. The third kappa shape index (κ3) is 4.10. The van der Waals surface area contributed by atoms with E-state index in [4.69, 9.17) is 5.73 Å². The van der Waals surface area contributed by atoms with Crippen molar-refractivity contribution in [1.29, 1.82) is 0 Å². The van der Waals surface area contributed by atoms with Crippen LogP contribution in [-0.2, 0) is 4.79 Å². The van der Waals surface area contributed by atoms with Crippen LogP contribution in [0.4, 0.5) is 5.13 Å². The lowest BCUT2D eigenvalue weighted by Gasteiger charge is -2.16. The van der Waals surface area contributed by atoms with E-state index < -0.39 is 0 Å². The van der Waals surface area contributed by atoms with Crippen LogP contribution in [0.1, 0.15) is 24.8 Å². The zero-order chi connectivity index (χ0) is 15.5. The van der Waals surface area contributed by atoms with Crippen molar-refractivity contribution >= 4 is 34.8 Å². The molecule has 2 atom stereocenters. The summed E-state index contributed by atoms with van der Waals surface area (Å²) in [5.74, 6) is 0.422. The summed E-state index contributed by atoms with van der Waals surface area (Å²) in [6.45, 7) is 2.65. The maximum Gasteiger partial charge on any atom is 0.229 e. The molecule has 1 aliphatic carbocycles. The topological polar surface area (TPSA) is 68.0 Å². The Labute approximate surface area is 146 Å². The van der Waals surface area contributed by atoms with Crippen molar-refractivity contribution in [3.63, 3.8) is 0 Å². The first-order valence-electron chi connectivity index (χ1n) is 7.71. The van der Waals surface area contributed by atoms with E-state index in [0.717, 1.165) is 30.5 Å². The molecule has 0 bridgehead atoms. The molecule has 0 saturated heterocycles. The van der Waals surface area contributed by atoms with Crippen molar-refractivity contribution in [3.05, 3.63) is 35.2 Å². The molecule has 1 fully saturated rings. The minimum atomic E-state index is 0. The fraction of sp³-hybridized carbons (Fsp3) is 0.412. The number of nitrogens with one attached hydrogen (secondary N) is 1. The molecule has 3 rings (SSSR count). The summed E-state index contributed by atoms with van der Waals surface area (Å²) in [5.41, 5.74) is 8.96. The smallest absolute Gasteiger partial charge is 0.229 e. The number of aromatic nitrogens is 1. The molecule has 4 nitrogen and oxygen atoms in total. The van der Waals surface area contributed by atoms with Gasteiger partial charge >= 0.3 is 0 Å². The predicted molar refractivity (Wildman–Crippen MR) is 98.1 cm³/mol. The van der Waals surface area contributed by atoms with E-state index in [1.54, 1.807) is 0 Å². The molecule has 6 heteroatoms. The Morgan fingerprint density at radius 1 is 1.35 bits per heavy atom. The summed E-state index contributed by atoms with van der Waals surface area (Å²) < 4.78 is 0. The van der Waals surface area contributed by atoms with Gasteiger partial charge in [-0.1, -0.05) is 36.2 Å². The summed E-state index contributed by atoms with van der Waals surface area (Å²) in [7, 11) is 0. The molecule has 124 valence electrons. The highest BCUT2D eigenvalue weighted by Crippen LogP contribution is 2.32. The highest BCUT2D eigenvalue weighted by Gasteiger charge is 2.32. The van der Waals surface area contributed by atoms with Crippen LogP contribution in [0.15, 0.2) is 29.6 Å². The van der Waals surface area contributed by atoms with E-state index in [2.05, 4.69) is 41.5 Å². The first kappa shape index (κ1) is 17.9. The van der Waals surface area contributed by atoms with Crippen LogP contribution in [0, 0.1) is 18.8 Å². The standard InChI is InChI=1S/C17H21N3OS.ClH/c1-11-5-7-12(8-6-11)15-10-22-17(19-15)20-16(21)14-4-2-3-13(14)9-18;/h5-8,10,13-14H,2-4,9,18H2,1H3,(H,19,20,21);1H/t13-,14-;/m1./s1. The first-order valence-corrected chi connectivity index (χ1v) is 8.59. The van der Waals surface area contributed by atoms with Gasteiger partial charge in [-0.3, -0.25) is 4.79 Å². The lowest BCUT2D eigenvalue weighted by molar-refractivity contribution is -0.120. The van der Waals surface area contributed by atoms with Crippen LogP contribution in [0.25, 0.3) is 11.3 Å². The van der Waals surface area contributed by atoms with Gasteiger partial charge in [0.25, 0.3) is 0 Å². The molecule has 23 heavy (non-hydrogen) atoms. The van der Waals surface area contributed by atoms with Gasteiger partial charge in [-0.2, -0.15) is 0 Å². The van der Waals surface area contributed by atoms with E-state index in [1.807, 2.05) is 5.38 Å². The molecule has 0 radical (unpaired) electrons. The molecular formula is C17H22ClN3OS. The van der Waals surface area contributed by atoms with Crippen molar-refractivity contribution in [1.82, 2.24) is 4.98 Å². The number of thiazole rings is 1. The summed E-state index contributed by atoms with van der Waals surface area (Å²) >= 11 is 1.47. The number of hydrogen-bond acceptors (Lipinski definition) is 4. The first-order chi connectivity index (χ1) is 10.7. The second-order valence-electron chi connectivity index (χ2n) is 5.93. The number of nitrogens with two attached hydrogens (primary N) is 1. The average molecular weight is 352 g/mol. The Bertz CT molecular complexity index is 656. The number of benzene rings is 1. The van der Waals surface area contributed by atoms with Gasteiger partial charge < -0.3 is 11.1 Å². The third-order valence-electron chi connectivity index (χ3n) is 4.38. The fourth-order valence-corrected chi connectivity index (χ4v) is 3.77. The molecule has 1 aromatic carbocycles. The zero-order valence-electron chi connectivity index (χ0n) is 13.1. The van der Waals surface area contributed by atoms with Crippen molar-refractivity contribution in [2.45, 2.75) is 26.2 Å². The van der Waals surface area contributed by atoms with Crippen LogP contribution in [0.3, 0.4) is 0 Å². The van der Waals surface area contributed by atoms with Gasteiger partial charge in [-0.25, -0.2) is 4.98 Å². The van der Waals surface area contributed by atoms with Gasteiger partial charge in [-0.15, -0.1) is 23.7 Å². The number of rotatable bonds is 4. The van der Waals surface area contributed by atoms with Gasteiger partial charge in [0.15, 0.2) is 5.13 Å². The SMILES string of the molecule is Cc1ccc(-c2csc(NC(=O)[C@@H]3CCC[C@@H]3CN)n2)cc1.Cl. The van der Waals surface area contributed by atoms with E-state index in [9.17, 15) is 4.79 Å². The Hall–Kier alpha value is -1.43. The van der Waals surface area contributed by atoms with E-state index in [-0.39, 0.29) is 24.2 Å². The average Bonchev–Trinajstić information content (AvgIpc) is 3.16. The molecule has 0 aliphatic heterocycles. The van der Waals surface area contributed by atoms with Crippen LogP contribution >= 0.6 is 23.7 Å². The van der Waals surface area contributed by atoms with E-state index >= 15 is 0 Å². The predicted octanol–water partition coefficient (Wildman–Crippen LogP) is 3.85. The monoisotopic (exact) mass is 351 g/mol. The Kier molecular flexibility index (Phi) is 6.16. The van der Waals surface area contributed by atoms with Gasteiger partial charge in [-0.05, 0) is 32.2 Å². The van der Waals surface area contributed by atoms with Crippen LogP contribution in [0.5, 0.6) is 0 Å². The van der Waals surface area contributed by atoms with E-state index in [0.29, 0.717) is 17.6 Å². The Morgan fingerprint density at radius 2 is 2.09 bits per heavy atom. The second-order valence-corrected chi connectivity index (χ2v) is 6.78. The largest absolute Gasteiger partial charge is 0.330 e. The van der Waals surface area contributed by atoms with Crippen molar-refractivity contribution < 1.29 is 4.79 Å². The Balaban J connectivity index is 0.00000192. The van der Waals surface area contributed by atoms with E-state index in [1.165, 1.54) is 16.9 Å². The molecular weight excluding hydrogens is 330 g/mol. The molecule has 1 amide bonds. The van der Waals surface area contributed by atoms with Gasteiger partial charge in [0.05, 0.1) is 5.69 Å². The molecule has 1 aliphatic rings. The quantitative estimate of drug-likeness (QED) is 0.879. The highest BCUT2D eigenvalue weighted by atomic mass is 35.5. The number of amides is 1. The zero-order valence-corrected chi connectivity index (χ0v) is 14.8. The van der Waals surface area contributed by atoms with Crippen molar-refractivity contribution in [2.24, 2.45) is 17.6 Å². The van der Waals surface area contributed by atoms with Crippen molar-refractivity contribution in [3.8, 4) is 11.3 Å². The Morgan fingerprint density at radius 3 is 2.78 bits per heavy atom. The summed E-state index contributed by atoms with van der Waals surface area (Å²) in [6, 6.07) is 8.24. The number of nitrogens with zero attached hydrogens (tertiary/aromatic N) is 1. The number of carbonyl (C=O) groups is 1. The lowest BCUT2D eigenvalue weighted by Crippen LogP contribution is -2.29. The molecule has 2 aromatic rings. The third-order valence-corrected chi connectivity index (χ3v) is 5.14. The number of hydrogen-bond donors (Lipinski definition) is 2. The summed E-state index contributed by atoms with van der Waals surface area (Å²) in [4.78, 5) is 16.9. The summed E-state index contributed by atoms with van der Waals surface area (Å²) in [6.07, 6.45) is 3.08. The van der Waals surface area contributed by atoms with Crippen LogP contribution in [-0.4, -0.2) is 17.4 Å². The van der Waals surface area contributed by atoms with Gasteiger partial charge in [0, 0.05) is 16.9 Å². The second kappa shape index (κ2) is 7.90. The highest BCUT2D eigenvalue weighted by molar-refractivity contribution is 7.14. The normalized spacial score (nSPS) is 20.1. The van der Waals surface area contributed by atoms with Crippen molar-refractivity contribution in [2.75, 3.05) is 11.9 Å². The number of halogens is 1. The molecule has 1 saturated carbocycles. The number of carbonyl (C=O) groups excluding carboxylic acids is 1. The van der Waals surface area contributed by atoms with Crippen LogP contribution < -0.4 is 11.1 Å². The minimum Gasteiger partial charge on any atom is -0.330 e.